The van der Waals surface area contributed by atoms with Gasteiger partial charge in [-0.3, -0.25) is 4.79 Å². The number of carbonyl (C=O) groups excluding carboxylic acids is 1. The van der Waals surface area contributed by atoms with Crippen LogP contribution < -0.4 is 4.90 Å². The van der Waals surface area contributed by atoms with E-state index in [0.29, 0.717) is 19.4 Å². The van der Waals surface area contributed by atoms with E-state index in [1.54, 1.807) is 4.90 Å². The van der Waals surface area contributed by atoms with Gasteiger partial charge in [-0.25, -0.2) is 0 Å². The summed E-state index contributed by atoms with van der Waals surface area (Å²) in [4.78, 5) is 25.1. The quantitative estimate of drug-likeness (QED) is 0.583. The Hall–Kier alpha value is -1.23. The fourth-order valence-electron chi connectivity index (χ4n) is 2.60. The van der Waals surface area contributed by atoms with Crippen LogP contribution in [-0.4, -0.2) is 12.5 Å². The van der Waals surface area contributed by atoms with Gasteiger partial charge in [0, 0.05) is 28.7 Å². The lowest BCUT2D eigenvalue weighted by Crippen LogP contribution is -2.36. The Morgan fingerprint density at radius 2 is 2.25 bits per heavy atom. The van der Waals surface area contributed by atoms with Gasteiger partial charge in [-0.15, -0.1) is 0 Å². The van der Waals surface area contributed by atoms with E-state index in [4.69, 9.17) is 0 Å². The minimum Gasteiger partial charge on any atom is -0.312 e. The van der Waals surface area contributed by atoms with E-state index in [1.165, 1.54) is 0 Å². The molecule has 0 aliphatic carbocycles. The number of halogens is 1. The predicted molar refractivity (Wildman–Crippen MR) is 83.8 cm³/mol. The molecule has 0 saturated carbocycles. The van der Waals surface area contributed by atoms with E-state index < -0.39 is 0 Å². The summed E-state index contributed by atoms with van der Waals surface area (Å²) in [5.74, 6) is 0.145. The van der Waals surface area contributed by atoms with Crippen molar-refractivity contribution in [2.45, 2.75) is 45.1 Å². The molecule has 0 radical (unpaired) electrons. The maximum Gasteiger partial charge on any atom is 0.226 e. The van der Waals surface area contributed by atoms with Crippen LogP contribution in [0.4, 0.5) is 5.69 Å². The van der Waals surface area contributed by atoms with Crippen LogP contribution >= 0.6 is 15.9 Å². The second kappa shape index (κ2) is 6.97. The minimum atomic E-state index is -0.345. The van der Waals surface area contributed by atoms with Crippen molar-refractivity contribution in [2.24, 2.45) is 5.18 Å². The van der Waals surface area contributed by atoms with E-state index >= 15 is 0 Å². The molecule has 108 valence electrons. The van der Waals surface area contributed by atoms with Gasteiger partial charge in [0.05, 0.1) is 0 Å². The lowest BCUT2D eigenvalue weighted by atomic mass is 9.96. The van der Waals surface area contributed by atoms with Gasteiger partial charge in [0.1, 0.15) is 6.04 Å². The zero-order chi connectivity index (χ0) is 14.5. The van der Waals surface area contributed by atoms with E-state index in [-0.39, 0.29) is 11.9 Å². The number of nitroso groups, excluding NO2 is 1. The molecule has 0 bridgehead atoms. The highest BCUT2D eigenvalue weighted by Gasteiger charge is 2.29. The number of benzene rings is 1. The fraction of sp³-hybridized carbons (Fsp3) is 0.533. The number of amides is 1. The van der Waals surface area contributed by atoms with Gasteiger partial charge in [-0.2, -0.15) is 4.91 Å². The summed E-state index contributed by atoms with van der Waals surface area (Å²) in [7, 11) is 0. The topological polar surface area (TPSA) is 49.7 Å². The Morgan fingerprint density at radius 1 is 1.45 bits per heavy atom. The van der Waals surface area contributed by atoms with E-state index in [9.17, 15) is 9.70 Å². The zero-order valence-electron chi connectivity index (χ0n) is 11.6. The Kier molecular flexibility index (Phi) is 5.29. The SMILES string of the molecule is CCCCCC(=O)N1CCC(N=O)c2cc(Br)ccc21. The highest BCUT2D eigenvalue weighted by molar-refractivity contribution is 9.10. The monoisotopic (exact) mass is 338 g/mol. The third-order valence-electron chi connectivity index (χ3n) is 3.69. The van der Waals surface area contributed by atoms with Crippen molar-refractivity contribution in [3.63, 3.8) is 0 Å². The zero-order valence-corrected chi connectivity index (χ0v) is 13.2. The molecule has 1 amide bonds. The smallest absolute Gasteiger partial charge is 0.226 e. The largest absolute Gasteiger partial charge is 0.312 e. The molecule has 0 spiro atoms. The van der Waals surface area contributed by atoms with Gasteiger partial charge in [0.15, 0.2) is 0 Å². The number of hydrogen-bond donors (Lipinski definition) is 0. The molecular weight excluding hydrogens is 320 g/mol. The molecule has 0 aromatic heterocycles. The van der Waals surface area contributed by atoms with E-state index in [2.05, 4.69) is 28.0 Å². The molecule has 0 N–H and O–H groups in total. The van der Waals surface area contributed by atoms with Gasteiger partial charge in [0.2, 0.25) is 5.91 Å². The first-order valence-electron chi connectivity index (χ1n) is 7.09. The fourth-order valence-corrected chi connectivity index (χ4v) is 2.97. The molecule has 1 unspecified atom stereocenters. The van der Waals surface area contributed by atoms with Crippen molar-refractivity contribution in [1.29, 1.82) is 0 Å². The van der Waals surface area contributed by atoms with Crippen molar-refractivity contribution < 1.29 is 4.79 Å². The van der Waals surface area contributed by atoms with Crippen LogP contribution in [-0.2, 0) is 4.79 Å². The Morgan fingerprint density at radius 3 is 2.95 bits per heavy atom. The maximum atomic E-state index is 12.3. The van der Waals surface area contributed by atoms with Crippen LogP contribution in [0.25, 0.3) is 0 Å². The number of hydrogen-bond acceptors (Lipinski definition) is 3. The number of unbranched alkanes of at least 4 members (excludes halogenated alkanes) is 2. The summed E-state index contributed by atoms with van der Waals surface area (Å²) in [5, 5.41) is 3.19. The average molecular weight is 339 g/mol. The van der Waals surface area contributed by atoms with Crippen LogP contribution in [0.2, 0.25) is 0 Å². The molecule has 1 aliphatic heterocycles. The third kappa shape index (κ3) is 3.26. The second-order valence-electron chi connectivity index (χ2n) is 5.12. The molecule has 0 fully saturated rings. The molecule has 1 atom stereocenters. The highest BCUT2D eigenvalue weighted by atomic mass is 79.9. The molecule has 20 heavy (non-hydrogen) atoms. The molecule has 5 heteroatoms. The molecule has 0 saturated heterocycles. The Bertz CT molecular complexity index is 505. The first kappa shape index (κ1) is 15.2. The number of carbonyl (C=O) groups is 1. The van der Waals surface area contributed by atoms with Crippen molar-refractivity contribution in [3.05, 3.63) is 33.1 Å². The predicted octanol–water partition coefficient (Wildman–Crippen LogP) is 4.57. The molecule has 1 aliphatic rings. The minimum absolute atomic E-state index is 0.145. The number of fused-ring (bicyclic) bond motifs is 1. The average Bonchev–Trinajstić information content (AvgIpc) is 2.46. The van der Waals surface area contributed by atoms with Gasteiger partial charge < -0.3 is 4.90 Å². The van der Waals surface area contributed by atoms with Crippen molar-refractivity contribution in [2.75, 3.05) is 11.4 Å². The first-order chi connectivity index (χ1) is 9.67. The summed E-state index contributed by atoms with van der Waals surface area (Å²) < 4.78 is 0.908. The first-order valence-corrected chi connectivity index (χ1v) is 7.89. The summed E-state index contributed by atoms with van der Waals surface area (Å²) in [6.07, 6.45) is 4.28. The van der Waals surface area contributed by atoms with Crippen LogP contribution in [0.15, 0.2) is 27.8 Å². The molecule has 1 aromatic carbocycles. The summed E-state index contributed by atoms with van der Waals surface area (Å²) >= 11 is 3.41. The van der Waals surface area contributed by atoms with Crippen molar-refractivity contribution in [1.82, 2.24) is 0 Å². The van der Waals surface area contributed by atoms with Crippen molar-refractivity contribution >= 4 is 27.5 Å². The summed E-state index contributed by atoms with van der Waals surface area (Å²) in [6.45, 7) is 2.70. The number of rotatable bonds is 5. The second-order valence-corrected chi connectivity index (χ2v) is 6.03. The van der Waals surface area contributed by atoms with Crippen molar-refractivity contribution in [3.8, 4) is 0 Å². The third-order valence-corrected chi connectivity index (χ3v) is 4.18. The maximum absolute atomic E-state index is 12.3. The standard InChI is InChI=1S/C15H19BrN2O2/c1-2-3-4-5-15(19)18-9-8-13(17-20)12-10-11(16)6-7-14(12)18/h6-7,10,13H,2-5,8-9H2,1H3. The highest BCUT2D eigenvalue weighted by Crippen LogP contribution is 2.38. The molecular formula is C15H19BrN2O2. The molecule has 2 rings (SSSR count). The normalized spacial score (nSPS) is 17.7. The van der Waals surface area contributed by atoms with Crippen LogP contribution in [0.5, 0.6) is 0 Å². The summed E-state index contributed by atoms with van der Waals surface area (Å²) in [5.41, 5.74) is 1.69. The summed E-state index contributed by atoms with van der Waals surface area (Å²) in [6, 6.07) is 5.35. The number of anilines is 1. The van der Waals surface area contributed by atoms with Gasteiger partial charge in [0.25, 0.3) is 0 Å². The van der Waals surface area contributed by atoms with E-state index in [0.717, 1.165) is 35.0 Å². The molecule has 1 heterocycles. The van der Waals surface area contributed by atoms with Crippen LogP contribution in [0, 0.1) is 4.91 Å². The van der Waals surface area contributed by atoms with Gasteiger partial charge in [-0.1, -0.05) is 40.9 Å². The van der Waals surface area contributed by atoms with Crippen LogP contribution in [0.3, 0.4) is 0 Å². The molecule has 4 nitrogen and oxygen atoms in total. The van der Waals surface area contributed by atoms with Gasteiger partial charge in [-0.05, 0) is 31.0 Å². The Balaban J connectivity index is 2.21. The number of nitrogens with zero attached hydrogens (tertiary/aromatic N) is 2. The Labute approximate surface area is 127 Å². The van der Waals surface area contributed by atoms with E-state index in [1.807, 2.05) is 18.2 Å². The lowest BCUT2D eigenvalue weighted by molar-refractivity contribution is -0.118. The molecule has 1 aromatic rings. The lowest BCUT2D eigenvalue weighted by Gasteiger charge is -2.32. The van der Waals surface area contributed by atoms with Gasteiger partial charge >= 0.3 is 0 Å². The van der Waals surface area contributed by atoms with Crippen LogP contribution in [0.1, 0.15) is 50.6 Å².